The minimum absolute atomic E-state index is 0.0455. The molecule has 3 aromatic heterocycles. The molecule has 2 aliphatic rings. The average molecular weight is 530 g/mol. The summed E-state index contributed by atoms with van der Waals surface area (Å²) >= 11 is 2.21. The van der Waals surface area contributed by atoms with Gasteiger partial charge in [-0.2, -0.15) is 9.36 Å². The molecule has 5 heterocycles. The van der Waals surface area contributed by atoms with Gasteiger partial charge in [0.05, 0.1) is 17.4 Å². The second kappa shape index (κ2) is 9.19. The highest BCUT2D eigenvalue weighted by molar-refractivity contribution is 8.00. The van der Waals surface area contributed by atoms with Crippen molar-refractivity contribution in [1.29, 1.82) is 0 Å². The molecule has 2 atom stereocenters. The highest BCUT2D eigenvalue weighted by Gasteiger charge is 2.53. The van der Waals surface area contributed by atoms with Crippen molar-refractivity contribution in [2.75, 3.05) is 18.6 Å². The molecular weight excluding hydrogens is 510 g/mol. The van der Waals surface area contributed by atoms with Crippen molar-refractivity contribution in [2.24, 2.45) is 5.16 Å². The molecule has 5 rings (SSSR count). The molecule has 0 bridgehead atoms. The summed E-state index contributed by atoms with van der Waals surface area (Å²) in [6.07, 6.45) is 3.56. The van der Waals surface area contributed by atoms with Crippen LogP contribution in [-0.4, -0.2) is 71.6 Å². The van der Waals surface area contributed by atoms with Crippen LogP contribution in [-0.2, 0) is 25.8 Å². The number of aryl methyl sites for hydroxylation is 1. The summed E-state index contributed by atoms with van der Waals surface area (Å²) in [6, 6.07) is 2.76. The van der Waals surface area contributed by atoms with E-state index in [-0.39, 0.29) is 28.9 Å². The van der Waals surface area contributed by atoms with E-state index in [4.69, 9.17) is 10.6 Å². The van der Waals surface area contributed by atoms with Crippen LogP contribution in [0.1, 0.15) is 11.5 Å². The van der Waals surface area contributed by atoms with E-state index in [9.17, 15) is 19.5 Å². The van der Waals surface area contributed by atoms with E-state index in [0.717, 1.165) is 27.8 Å². The van der Waals surface area contributed by atoms with E-state index in [1.54, 1.807) is 16.9 Å². The number of carbonyl (C=O) groups excluding carboxylic acids is 3. The van der Waals surface area contributed by atoms with Gasteiger partial charge in [-0.25, -0.2) is 4.57 Å². The Morgan fingerprint density at radius 1 is 1.42 bits per heavy atom. The Balaban J connectivity index is 1.37. The Morgan fingerprint density at radius 2 is 2.22 bits per heavy atom. The molecule has 3 aromatic rings. The SMILES string of the molecule is CO/N=C(\C(=O)N[C@@H]1C(=O)N2C(C(=O)[O-])=C(C[n+]3ccn4nc(C)ccc43)CS[C@H]12)c1nsc(N)n1. The monoisotopic (exact) mass is 529 g/mol. The largest absolute Gasteiger partial charge is 0.543 e. The van der Waals surface area contributed by atoms with Crippen LogP contribution in [0, 0.1) is 6.92 Å². The quantitative estimate of drug-likeness (QED) is 0.148. The van der Waals surface area contributed by atoms with Gasteiger partial charge in [0.2, 0.25) is 11.5 Å². The van der Waals surface area contributed by atoms with Crippen LogP contribution in [0.5, 0.6) is 0 Å². The van der Waals surface area contributed by atoms with E-state index in [0.29, 0.717) is 11.3 Å². The topological polar surface area (TPSA) is 184 Å². The minimum Gasteiger partial charge on any atom is -0.543 e. The number of thioether (sulfide) groups is 1. The number of hydrogen-bond donors (Lipinski definition) is 2. The molecule has 36 heavy (non-hydrogen) atoms. The summed E-state index contributed by atoms with van der Waals surface area (Å²) in [5, 5.41) is 22.2. The van der Waals surface area contributed by atoms with Crippen LogP contribution in [0.4, 0.5) is 5.13 Å². The van der Waals surface area contributed by atoms with Crippen LogP contribution in [0.2, 0.25) is 0 Å². The zero-order valence-corrected chi connectivity index (χ0v) is 20.6. The number of rotatable bonds is 7. The molecule has 0 aromatic carbocycles. The Hall–Kier alpha value is -4.05. The first kappa shape index (κ1) is 23.7. The summed E-state index contributed by atoms with van der Waals surface area (Å²) in [5.41, 5.74) is 7.24. The van der Waals surface area contributed by atoms with Gasteiger partial charge in [0.15, 0.2) is 11.3 Å². The fourth-order valence-electron chi connectivity index (χ4n) is 4.03. The number of nitrogens with zero attached hydrogens (tertiary/aromatic N) is 7. The van der Waals surface area contributed by atoms with Crippen LogP contribution in [0.15, 0.2) is 41.0 Å². The number of nitrogens with one attached hydrogen (secondary N) is 1. The maximum Gasteiger partial charge on any atom is 0.307 e. The average Bonchev–Trinajstić information content (AvgIpc) is 3.45. The maximum atomic E-state index is 13.0. The lowest BCUT2D eigenvalue weighted by molar-refractivity contribution is -0.662. The summed E-state index contributed by atoms with van der Waals surface area (Å²) in [5.74, 6) is -2.52. The Bertz CT molecular complexity index is 1460. The number of carboxylic acids is 1. The number of aromatic nitrogens is 5. The first-order chi connectivity index (χ1) is 17.3. The lowest BCUT2D eigenvalue weighted by Crippen LogP contribution is -2.71. The van der Waals surface area contributed by atoms with E-state index in [2.05, 4.69) is 24.9 Å². The van der Waals surface area contributed by atoms with Gasteiger partial charge in [-0.1, -0.05) is 10.3 Å². The van der Waals surface area contributed by atoms with Gasteiger partial charge < -0.3 is 25.8 Å². The number of oxime groups is 1. The number of carbonyl (C=O) groups is 3. The number of fused-ring (bicyclic) bond motifs is 2. The number of aliphatic carboxylic acids is 1. The summed E-state index contributed by atoms with van der Waals surface area (Å²) < 4.78 is 7.48. The Morgan fingerprint density at radius 3 is 2.92 bits per heavy atom. The minimum atomic E-state index is -1.46. The third kappa shape index (κ3) is 4.03. The first-order valence-corrected chi connectivity index (χ1v) is 12.3. The molecule has 0 spiro atoms. The van der Waals surface area contributed by atoms with Crippen molar-refractivity contribution < 1.29 is 28.9 Å². The van der Waals surface area contributed by atoms with Crippen LogP contribution >= 0.6 is 23.3 Å². The molecule has 2 amide bonds. The van der Waals surface area contributed by atoms with Crippen molar-refractivity contribution in [3.63, 3.8) is 0 Å². The Labute approximate surface area is 211 Å². The number of anilines is 1. The van der Waals surface area contributed by atoms with Crippen molar-refractivity contribution in [2.45, 2.75) is 24.9 Å². The van der Waals surface area contributed by atoms with Gasteiger partial charge in [0, 0.05) is 28.9 Å². The zero-order chi connectivity index (χ0) is 25.6. The van der Waals surface area contributed by atoms with E-state index < -0.39 is 29.2 Å². The van der Waals surface area contributed by atoms with E-state index >= 15 is 0 Å². The third-order valence-electron chi connectivity index (χ3n) is 5.60. The molecule has 14 nitrogen and oxygen atoms in total. The standard InChI is InChI=1S/C20H19N9O5S2/c1-9-3-4-11-27(5-6-28(11)24-9)7-10-8-35-18-13(17(31)29(18)14(10)19(32)33)22-16(30)12(25-34-2)15-23-20(21)36-26-15/h3-6,13,18H,7-8H2,1-2H3,(H3-,21,22,23,26,30,32,33)/b25-12-/t13-,18-/m1/s1. The predicted molar refractivity (Wildman–Crippen MR) is 125 cm³/mol. The normalized spacial score (nSPS) is 19.8. The summed E-state index contributed by atoms with van der Waals surface area (Å²) in [6.45, 7) is 2.10. The van der Waals surface area contributed by atoms with Gasteiger partial charge in [-0.05, 0) is 13.0 Å². The molecule has 1 fully saturated rings. The van der Waals surface area contributed by atoms with Crippen molar-refractivity contribution >= 4 is 57.6 Å². The third-order valence-corrected chi connectivity index (χ3v) is 7.48. The van der Waals surface area contributed by atoms with Gasteiger partial charge in [0.1, 0.15) is 31.3 Å². The van der Waals surface area contributed by atoms with Crippen LogP contribution in [0.25, 0.3) is 5.65 Å². The second-order valence-electron chi connectivity index (χ2n) is 7.88. The number of hydrogen-bond acceptors (Lipinski definition) is 12. The van der Waals surface area contributed by atoms with E-state index in [1.165, 1.54) is 18.9 Å². The Kier molecular flexibility index (Phi) is 6.05. The van der Waals surface area contributed by atoms with Gasteiger partial charge >= 0.3 is 5.65 Å². The lowest BCUT2D eigenvalue weighted by Gasteiger charge is -2.50. The zero-order valence-electron chi connectivity index (χ0n) is 18.9. The molecule has 0 saturated carbocycles. The van der Waals surface area contributed by atoms with Gasteiger partial charge in [-0.3, -0.25) is 14.5 Å². The highest BCUT2D eigenvalue weighted by Crippen LogP contribution is 2.40. The number of imidazole rings is 1. The molecule has 3 N–H and O–H groups in total. The molecule has 0 aliphatic carbocycles. The van der Waals surface area contributed by atoms with Gasteiger partial charge in [-0.15, -0.1) is 16.3 Å². The molecule has 0 unspecified atom stereocenters. The number of carboxylic acid groups (broad SMARTS) is 1. The number of nitrogen functional groups attached to an aromatic ring is 1. The number of amides is 2. The predicted octanol–water partition coefficient (Wildman–Crippen LogP) is -2.18. The molecule has 186 valence electrons. The molecule has 2 aliphatic heterocycles. The summed E-state index contributed by atoms with van der Waals surface area (Å²) in [4.78, 5) is 47.7. The van der Waals surface area contributed by atoms with Crippen LogP contribution < -0.4 is 20.7 Å². The molecule has 16 heteroatoms. The van der Waals surface area contributed by atoms with Crippen molar-refractivity contribution in [3.8, 4) is 0 Å². The molecule has 0 radical (unpaired) electrons. The van der Waals surface area contributed by atoms with Crippen molar-refractivity contribution in [3.05, 3.63) is 47.3 Å². The van der Waals surface area contributed by atoms with E-state index in [1.807, 2.05) is 23.6 Å². The smallest absolute Gasteiger partial charge is 0.307 e. The highest BCUT2D eigenvalue weighted by atomic mass is 32.2. The molecule has 1 saturated heterocycles. The number of β-lactam (4-membered cyclic amide) rings is 1. The fourth-order valence-corrected chi connectivity index (χ4v) is 5.80. The maximum absolute atomic E-state index is 13.0. The number of nitrogens with two attached hydrogens (primary N) is 1. The summed E-state index contributed by atoms with van der Waals surface area (Å²) in [7, 11) is 1.25. The van der Waals surface area contributed by atoms with Crippen molar-refractivity contribution in [1.82, 2.24) is 29.2 Å². The fraction of sp³-hybridized carbons (Fsp3) is 0.300. The first-order valence-electron chi connectivity index (χ1n) is 10.5. The molecular formula is C20H19N9O5S2. The van der Waals surface area contributed by atoms with Gasteiger partial charge in [0.25, 0.3) is 11.8 Å². The second-order valence-corrected chi connectivity index (χ2v) is 9.77. The van der Waals surface area contributed by atoms with Crippen LogP contribution in [0.3, 0.4) is 0 Å². The lowest BCUT2D eigenvalue weighted by atomic mass is 10.0.